The lowest BCUT2D eigenvalue weighted by Crippen LogP contribution is -2.49. The van der Waals surface area contributed by atoms with Crippen LogP contribution in [0.4, 0.5) is 23.8 Å². The summed E-state index contributed by atoms with van der Waals surface area (Å²) in [6.07, 6.45) is -5.01. The molecule has 3 rings (SSSR count). The van der Waals surface area contributed by atoms with Crippen LogP contribution in [0.3, 0.4) is 0 Å². The summed E-state index contributed by atoms with van der Waals surface area (Å²) in [6.45, 7) is 5.42. The zero-order chi connectivity index (χ0) is 22.1. The topological polar surface area (TPSA) is 74.8 Å². The van der Waals surface area contributed by atoms with Crippen molar-refractivity contribution in [2.75, 3.05) is 44.7 Å². The van der Waals surface area contributed by atoms with Gasteiger partial charge in [-0.1, -0.05) is 13.8 Å². The standard InChI is InChI=1S/C19H23F3N4O3S/c1-11(2)9-29-18(28)26-6-4-25(5-7-26)14-8-13(19(20,21)22)16-15(24-14)12(10-30-16)17(27)23-3/h8,10-11H,4-7,9H2,1-3H3,(H,23,27). The van der Waals surface area contributed by atoms with E-state index in [0.29, 0.717) is 32.8 Å². The van der Waals surface area contributed by atoms with E-state index in [-0.39, 0.29) is 27.5 Å². The van der Waals surface area contributed by atoms with E-state index >= 15 is 0 Å². The fourth-order valence-corrected chi connectivity index (χ4v) is 4.13. The second-order valence-electron chi connectivity index (χ2n) is 7.38. The Bertz CT molecular complexity index is 937. The largest absolute Gasteiger partial charge is 0.449 e. The van der Waals surface area contributed by atoms with Gasteiger partial charge in [0, 0.05) is 38.6 Å². The highest BCUT2D eigenvalue weighted by Crippen LogP contribution is 2.40. The van der Waals surface area contributed by atoms with Crippen molar-refractivity contribution in [3.8, 4) is 0 Å². The summed E-state index contributed by atoms with van der Waals surface area (Å²) < 4.78 is 46.1. The van der Waals surface area contributed by atoms with E-state index in [1.165, 1.54) is 17.3 Å². The van der Waals surface area contributed by atoms with Gasteiger partial charge in [-0.2, -0.15) is 13.2 Å². The fourth-order valence-electron chi connectivity index (χ4n) is 3.11. The summed E-state index contributed by atoms with van der Waals surface area (Å²) in [7, 11) is 1.41. The summed E-state index contributed by atoms with van der Waals surface area (Å²) >= 11 is 0.847. The van der Waals surface area contributed by atoms with Crippen LogP contribution in [0.5, 0.6) is 0 Å². The number of alkyl halides is 3. The smallest absolute Gasteiger partial charge is 0.417 e. The first-order chi connectivity index (χ1) is 14.1. The molecule has 2 aromatic rings. The molecule has 30 heavy (non-hydrogen) atoms. The minimum atomic E-state index is -4.58. The van der Waals surface area contributed by atoms with E-state index in [9.17, 15) is 22.8 Å². The molecule has 0 atom stereocenters. The number of amides is 2. The SMILES string of the molecule is CNC(=O)c1csc2c(C(F)(F)F)cc(N3CCN(C(=O)OCC(C)C)CC3)nc12. The van der Waals surface area contributed by atoms with Gasteiger partial charge in [0.15, 0.2) is 0 Å². The number of piperazine rings is 1. The minimum absolute atomic E-state index is 0.0305. The Morgan fingerprint density at radius 2 is 1.93 bits per heavy atom. The van der Waals surface area contributed by atoms with Gasteiger partial charge in [-0.05, 0) is 12.0 Å². The van der Waals surface area contributed by atoms with Crippen molar-refractivity contribution in [3.63, 3.8) is 0 Å². The number of pyridine rings is 1. The number of aromatic nitrogens is 1. The third kappa shape index (κ3) is 4.61. The highest BCUT2D eigenvalue weighted by Gasteiger charge is 2.36. The summed E-state index contributed by atoms with van der Waals surface area (Å²) in [4.78, 5) is 31.8. The Morgan fingerprint density at radius 1 is 1.27 bits per heavy atom. The van der Waals surface area contributed by atoms with Crippen LogP contribution in [0.15, 0.2) is 11.4 Å². The zero-order valence-electron chi connectivity index (χ0n) is 16.9. The van der Waals surface area contributed by atoms with Gasteiger partial charge in [0.1, 0.15) is 5.82 Å². The lowest BCUT2D eigenvalue weighted by atomic mass is 10.1. The number of nitrogens with zero attached hydrogens (tertiary/aromatic N) is 3. The Hall–Kier alpha value is -2.56. The summed E-state index contributed by atoms with van der Waals surface area (Å²) in [5.74, 6) is -0.141. The van der Waals surface area contributed by atoms with Crippen LogP contribution in [-0.4, -0.2) is 61.7 Å². The maximum Gasteiger partial charge on any atom is 0.417 e. The number of carbonyl (C=O) groups is 2. The second kappa shape index (κ2) is 8.66. The molecule has 0 radical (unpaired) electrons. The lowest BCUT2D eigenvalue weighted by Gasteiger charge is -2.35. The van der Waals surface area contributed by atoms with Crippen molar-refractivity contribution < 1.29 is 27.5 Å². The number of nitrogens with one attached hydrogen (secondary N) is 1. The fraction of sp³-hybridized carbons (Fsp3) is 0.526. The summed E-state index contributed by atoms with van der Waals surface area (Å²) in [5.41, 5.74) is -0.676. The number of anilines is 1. The summed E-state index contributed by atoms with van der Waals surface area (Å²) in [6, 6.07) is 1.01. The maximum absolute atomic E-state index is 13.7. The number of halogens is 3. The van der Waals surface area contributed by atoms with Gasteiger partial charge in [-0.15, -0.1) is 11.3 Å². The van der Waals surface area contributed by atoms with Crippen LogP contribution < -0.4 is 10.2 Å². The van der Waals surface area contributed by atoms with E-state index < -0.39 is 23.7 Å². The van der Waals surface area contributed by atoms with E-state index in [4.69, 9.17) is 4.74 Å². The molecule has 164 valence electrons. The molecule has 0 unspecified atom stereocenters. The highest BCUT2D eigenvalue weighted by atomic mass is 32.1. The molecule has 0 spiro atoms. The molecular formula is C19H23F3N4O3S. The quantitative estimate of drug-likeness (QED) is 0.780. The molecular weight excluding hydrogens is 421 g/mol. The van der Waals surface area contributed by atoms with E-state index in [2.05, 4.69) is 10.3 Å². The van der Waals surface area contributed by atoms with Crippen molar-refractivity contribution in [1.29, 1.82) is 0 Å². The monoisotopic (exact) mass is 444 g/mol. The van der Waals surface area contributed by atoms with Crippen molar-refractivity contribution in [1.82, 2.24) is 15.2 Å². The molecule has 2 amide bonds. The Labute approximate surface area is 175 Å². The Balaban J connectivity index is 1.86. The molecule has 11 heteroatoms. The molecule has 3 heterocycles. The van der Waals surface area contributed by atoms with Crippen molar-refractivity contribution >= 4 is 39.4 Å². The molecule has 7 nitrogen and oxygen atoms in total. The van der Waals surface area contributed by atoms with Crippen molar-refractivity contribution in [2.45, 2.75) is 20.0 Å². The molecule has 1 aliphatic heterocycles. The van der Waals surface area contributed by atoms with Crippen LogP contribution in [0, 0.1) is 5.92 Å². The average molecular weight is 444 g/mol. The van der Waals surface area contributed by atoms with Gasteiger partial charge in [-0.25, -0.2) is 9.78 Å². The predicted molar refractivity (Wildman–Crippen MR) is 108 cm³/mol. The molecule has 1 fully saturated rings. The predicted octanol–water partition coefficient (Wildman–Crippen LogP) is 3.59. The molecule has 0 bridgehead atoms. The number of rotatable bonds is 4. The molecule has 0 saturated carbocycles. The van der Waals surface area contributed by atoms with Crippen LogP contribution in [0.2, 0.25) is 0 Å². The summed E-state index contributed by atoms with van der Waals surface area (Å²) in [5, 5.41) is 3.82. The highest BCUT2D eigenvalue weighted by molar-refractivity contribution is 7.17. The molecule has 1 saturated heterocycles. The normalized spacial score (nSPS) is 15.0. The number of ether oxygens (including phenoxy) is 1. The van der Waals surface area contributed by atoms with Gasteiger partial charge < -0.3 is 19.9 Å². The van der Waals surface area contributed by atoms with Crippen LogP contribution in [0.25, 0.3) is 10.2 Å². The molecule has 0 aromatic carbocycles. The molecule has 1 N–H and O–H groups in total. The van der Waals surface area contributed by atoms with Crippen molar-refractivity contribution in [2.24, 2.45) is 5.92 Å². The number of thiophene rings is 1. The molecule has 0 aliphatic carbocycles. The molecule has 1 aliphatic rings. The van der Waals surface area contributed by atoms with E-state index in [0.717, 1.165) is 17.4 Å². The average Bonchev–Trinajstić information content (AvgIpc) is 3.14. The minimum Gasteiger partial charge on any atom is -0.449 e. The Kier molecular flexibility index (Phi) is 6.39. The maximum atomic E-state index is 13.7. The van der Waals surface area contributed by atoms with E-state index in [1.807, 2.05) is 13.8 Å². The lowest BCUT2D eigenvalue weighted by molar-refractivity contribution is -0.136. The van der Waals surface area contributed by atoms with Gasteiger partial charge in [-0.3, -0.25) is 4.79 Å². The van der Waals surface area contributed by atoms with Crippen LogP contribution >= 0.6 is 11.3 Å². The third-order valence-electron chi connectivity index (χ3n) is 4.69. The van der Waals surface area contributed by atoms with Crippen LogP contribution in [0.1, 0.15) is 29.8 Å². The van der Waals surface area contributed by atoms with Gasteiger partial charge in [0.2, 0.25) is 0 Å². The second-order valence-corrected chi connectivity index (χ2v) is 8.26. The van der Waals surface area contributed by atoms with Gasteiger partial charge in [0.25, 0.3) is 5.91 Å². The van der Waals surface area contributed by atoms with Gasteiger partial charge in [0.05, 0.1) is 28.0 Å². The third-order valence-corrected chi connectivity index (χ3v) is 5.69. The molecule has 2 aromatic heterocycles. The number of hydrogen-bond donors (Lipinski definition) is 1. The Morgan fingerprint density at radius 3 is 2.50 bits per heavy atom. The first-order valence-corrected chi connectivity index (χ1v) is 10.4. The number of hydrogen-bond acceptors (Lipinski definition) is 6. The first-order valence-electron chi connectivity index (χ1n) is 9.50. The zero-order valence-corrected chi connectivity index (χ0v) is 17.7. The van der Waals surface area contributed by atoms with Gasteiger partial charge >= 0.3 is 12.3 Å². The van der Waals surface area contributed by atoms with E-state index in [1.54, 1.807) is 4.90 Å². The number of fused-ring (bicyclic) bond motifs is 1. The van der Waals surface area contributed by atoms with Crippen LogP contribution in [-0.2, 0) is 10.9 Å². The first kappa shape index (κ1) is 22.1. The van der Waals surface area contributed by atoms with Crippen molar-refractivity contribution in [3.05, 3.63) is 22.6 Å². The number of carbonyl (C=O) groups excluding carboxylic acids is 2.